The van der Waals surface area contributed by atoms with Gasteiger partial charge in [-0.25, -0.2) is 4.98 Å². The van der Waals surface area contributed by atoms with E-state index >= 15 is 0 Å². The molecule has 1 fully saturated rings. The monoisotopic (exact) mass is 355 g/mol. The summed E-state index contributed by atoms with van der Waals surface area (Å²) in [4.78, 5) is 19.6. The van der Waals surface area contributed by atoms with E-state index in [0.717, 1.165) is 23.1 Å². The van der Waals surface area contributed by atoms with E-state index in [1.807, 2.05) is 11.8 Å². The number of aryl methyl sites for hydroxylation is 1. The summed E-state index contributed by atoms with van der Waals surface area (Å²) in [5.74, 6) is 0.424. The van der Waals surface area contributed by atoms with Crippen molar-refractivity contribution in [1.82, 2.24) is 14.5 Å². The number of carbonyl (C=O) groups is 1. The van der Waals surface area contributed by atoms with Gasteiger partial charge in [0.05, 0.1) is 30.8 Å². The molecule has 0 saturated carbocycles. The molecule has 0 radical (unpaired) electrons. The number of morpholine rings is 1. The van der Waals surface area contributed by atoms with Gasteiger partial charge in [0.1, 0.15) is 0 Å². The van der Waals surface area contributed by atoms with E-state index in [-0.39, 0.29) is 17.1 Å². The van der Waals surface area contributed by atoms with Crippen molar-refractivity contribution >= 4 is 17.7 Å². The Balaban J connectivity index is 2.18. The Bertz CT molecular complexity index is 554. The van der Waals surface area contributed by atoms with Gasteiger partial charge < -0.3 is 18.9 Å². The third-order valence-electron chi connectivity index (χ3n) is 4.35. The van der Waals surface area contributed by atoms with Gasteiger partial charge in [-0.2, -0.15) is 0 Å². The predicted octanol–water partition coefficient (Wildman–Crippen LogP) is 2.12. The second-order valence-corrected chi connectivity index (χ2v) is 7.54. The summed E-state index contributed by atoms with van der Waals surface area (Å²) in [5, 5.41) is 0.771. The number of hydrogen-bond acceptors (Lipinski definition) is 5. The van der Waals surface area contributed by atoms with Crippen molar-refractivity contribution in [1.29, 1.82) is 0 Å². The lowest BCUT2D eigenvalue weighted by Gasteiger charge is -2.31. The zero-order valence-electron chi connectivity index (χ0n) is 15.4. The molecular weight excluding hydrogens is 326 g/mol. The maximum Gasteiger partial charge on any atom is 0.236 e. The van der Waals surface area contributed by atoms with Gasteiger partial charge >= 0.3 is 0 Å². The van der Waals surface area contributed by atoms with Crippen molar-refractivity contribution in [3.05, 3.63) is 11.4 Å². The third kappa shape index (κ3) is 4.52. The zero-order valence-corrected chi connectivity index (χ0v) is 16.2. The molecule has 1 saturated heterocycles. The second-order valence-electron chi connectivity index (χ2n) is 6.43. The first-order chi connectivity index (χ1) is 11.5. The van der Waals surface area contributed by atoms with E-state index in [1.54, 1.807) is 18.9 Å². The van der Waals surface area contributed by atoms with Crippen LogP contribution >= 0.6 is 11.8 Å². The molecule has 7 heteroatoms. The minimum Gasteiger partial charge on any atom is -0.383 e. The molecule has 2 rings (SSSR count). The van der Waals surface area contributed by atoms with Crippen molar-refractivity contribution in [2.24, 2.45) is 5.92 Å². The maximum atomic E-state index is 12.9. The molecule has 0 aliphatic carbocycles. The van der Waals surface area contributed by atoms with Crippen LogP contribution in [0.15, 0.2) is 5.16 Å². The lowest BCUT2D eigenvalue weighted by molar-refractivity contribution is -0.135. The number of ether oxygens (including phenoxy) is 2. The number of rotatable bonds is 7. The Morgan fingerprint density at radius 1 is 1.33 bits per heavy atom. The van der Waals surface area contributed by atoms with Gasteiger partial charge in [0.25, 0.3) is 0 Å². The number of aromatic nitrogens is 2. The van der Waals surface area contributed by atoms with Crippen LogP contribution in [-0.2, 0) is 20.8 Å². The summed E-state index contributed by atoms with van der Waals surface area (Å²) < 4.78 is 12.7. The molecule has 0 aromatic carbocycles. The Kier molecular flexibility index (Phi) is 7.13. The number of hydrogen-bond donors (Lipinski definition) is 0. The van der Waals surface area contributed by atoms with E-state index in [1.165, 1.54) is 0 Å². The molecule has 1 aromatic rings. The summed E-state index contributed by atoms with van der Waals surface area (Å²) in [6.07, 6.45) is 0. The van der Waals surface area contributed by atoms with E-state index < -0.39 is 0 Å². The van der Waals surface area contributed by atoms with Crippen LogP contribution in [0.4, 0.5) is 0 Å². The molecule has 0 spiro atoms. The average molecular weight is 356 g/mol. The van der Waals surface area contributed by atoms with Gasteiger partial charge in [0.2, 0.25) is 5.91 Å². The summed E-state index contributed by atoms with van der Waals surface area (Å²) in [5.41, 5.74) is 2.14. The highest BCUT2D eigenvalue weighted by Crippen LogP contribution is 2.30. The number of amides is 1. The van der Waals surface area contributed by atoms with Gasteiger partial charge in [0, 0.05) is 32.4 Å². The third-order valence-corrected chi connectivity index (χ3v) is 5.87. The fraction of sp³-hybridized carbons (Fsp3) is 0.765. The zero-order chi connectivity index (χ0) is 17.7. The molecule has 1 aromatic heterocycles. The number of imidazole rings is 1. The van der Waals surface area contributed by atoms with E-state index in [0.29, 0.717) is 32.9 Å². The van der Waals surface area contributed by atoms with E-state index in [2.05, 4.69) is 30.3 Å². The molecule has 0 bridgehead atoms. The van der Waals surface area contributed by atoms with E-state index in [4.69, 9.17) is 9.47 Å². The van der Waals surface area contributed by atoms with Crippen molar-refractivity contribution in [3.8, 4) is 0 Å². The molecule has 1 unspecified atom stereocenters. The fourth-order valence-electron chi connectivity index (χ4n) is 2.71. The summed E-state index contributed by atoms with van der Waals surface area (Å²) in [6.45, 7) is 12.3. The van der Waals surface area contributed by atoms with E-state index in [9.17, 15) is 4.79 Å². The molecule has 136 valence electrons. The first-order valence-corrected chi connectivity index (χ1v) is 9.39. The topological polar surface area (TPSA) is 56.6 Å². The molecule has 0 N–H and O–H groups in total. The van der Waals surface area contributed by atoms with Crippen molar-refractivity contribution < 1.29 is 14.3 Å². The van der Waals surface area contributed by atoms with Gasteiger partial charge in [-0.3, -0.25) is 4.79 Å². The molecular formula is C17H29N3O3S. The van der Waals surface area contributed by atoms with Crippen LogP contribution in [0.2, 0.25) is 0 Å². The Morgan fingerprint density at radius 2 is 2.00 bits per heavy atom. The van der Waals surface area contributed by atoms with Gasteiger partial charge in [-0.15, -0.1) is 0 Å². The van der Waals surface area contributed by atoms with Crippen molar-refractivity contribution in [2.75, 3.05) is 40.0 Å². The molecule has 2 heterocycles. The van der Waals surface area contributed by atoms with Gasteiger partial charge in [-0.05, 0) is 19.8 Å². The minimum absolute atomic E-state index is 0.134. The lowest BCUT2D eigenvalue weighted by Crippen LogP contribution is -2.46. The van der Waals surface area contributed by atoms with Gasteiger partial charge in [0.15, 0.2) is 5.16 Å². The first-order valence-electron chi connectivity index (χ1n) is 8.51. The van der Waals surface area contributed by atoms with Crippen LogP contribution in [0, 0.1) is 19.8 Å². The minimum atomic E-state index is -0.134. The van der Waals surface area contributed by atoms with Gasteiger partial charge in [-0.1, -0.05) is 25.6 Å². The SMILES string of the molecule is COCCn1c(SC(C(=O)N2CCOCC2)C(C)C)nc(C)c1C. The number of thioether (sulfide) groups is 1. The van der Waals surface area contributed by atoms with Crippen LogP contribution < -0.4 is 0 Å². The normalized spacial score (nSPS) is 16.7. The van der Waals surface area contributed by atoms with Crippen LogP contribution in [-0.4, -0.2) is 65.6 Å². The van der Waals surface area contributed by atoms with Crippen LogP contribution in [0.5, 0.6) is 0 Å². The molecule has 1 aliphatic heterocycles. The Morgan fingerprint density at radius 3 is 2.58 bits per heavy atom. The molecule has 1 amide bonds. The number of carbonyl (C=O) groups excluding carboxylic acids is 1. The van der Waals surface area contributed by atoms with Crippen LogP contribution in [0.25, 0.3) is 0 Å². The summed E-state index contributed by atoms with van der Waals surface area (Å²) in [6, 6.07) is 0. The first kappa shape index (κ1) is 19.3. The molecule has 24 heavy (non-hydrogen) atoms. The molecule has 1 atom stereocenters. The molecule has 6 nitrogen and oxygen atoms in total. The summed E-state index contributed by atoms with van der Waals surface area (Å²) >= 11 is 1.57. The highest BCUT2D eigenvalue weighted by atomic mass is 32.2. The lowest BCUT2D eigenvalue weighted by atomic mass is 10.1. The summed E-state index contributed by atoms with van der Waals surface area (Å²) in [7, 11) is 1.70. The van der Waals surface area contributed by atoms with Crippen molar-refractivity contribution in [2.45, 2.75) is 44.6 Å². The van der Waals surface area contributed by atoms with Crippen molar-refractivity contribution in [3.63, 3.8) is 0 Å². The van der Waals surface area contributed by atoms with Crippen LogP contribution in [0.1, 0.15) is 25.2 Å². The largest absolute Gasteiger partial charge is 0.383 e. The Labute approximate surface area is 148 Å². The second kappa shape index (κ2) is 8.87. The molecule has 1 aliphatic rings. The Hall–Kier alpha value is -1.05. The predicted molar refractivity (Wildman–Crippen MR) is 95.5 cm³/mol. The maximum absolute atomic E-state index is 12.9. The number of nitrogens with zero attached hydrogens (tertiary/aromatic N) is 3. The number of methoxy groups -OCH3 is 1. The fourth-order valence-corrected chi connectivity index (χ4v) is 4.00. The standard InChI is InChI=1S/C17H29N3O3S/c1-12(2)15(16(21)19-6-10-23-11-7-19)24-17-18-13(3)14(4)20(17)8-9-22-5/h12,15H,6-11H2,1-5H3. The average Bonchev–Trinajstić information content (AvgIpc) is 2.84. The highest BCUT2D eigenvalue weighted by molar-refractivity contribution is 8.00. The highest BCUT2D eigenvalue weighted by Gasteiger charge is 2.31. The smallest absolute Gasteiger partial charge is 0.236 e. The van der Waals surface area contributed by atoms with Crippen LogP contribution in [0.3, 0.4) is 0 Å². The quantitative estimate of drug-likeness (QED) is 0.701.